The zero-order valence-corrected chi connectivity index (χ0v) is 10.5. The van der Waals surface area contributed by atoms with Crippen LogP contribution in [0.3, 0.4) is 0 Å². The topological polar surface area (TPSA) is 20.3 Å². The van der Waals surface area contributed by atoms with Crippen molar-refractivity contribution in [2.24, 2.45) is 0 Å². The van der Waals surface area contributed by atoms with Crippen molar-refractivity contribution < 1.29 is 4.79 Å². The Morgan fingerprint density at radius 2 is 2.07 bits per heavy atom. The molecule has 2 heterocycles. The van der Waals surface area contributed by atoms with Crippen LogP contribution in [0.2, 0.25) is 0 Å². The summed E-state index contributed by atoms with van der Waals surface area (Å²) in [5, 5.41) is 4.02. The van der Waals surface area contributed by atoms with Crippen molar-refractivity contribution in [1.29, 1.82) is 0 Å². The minimum atomic E-state index is 0.161. The number of nitrogens with zero attached hydrogens (tertiary/aromatic N) is 1. The number of hydrogen-bond acceptors (Lipinski definition) is 3. The molecule has 2 aromatic rings. The Hall–Kier alpha value is -0.870. The first kappa shape index (κ1) is 10.6. The first-order valence-electron chi connectivity index (χ1n) is 5.01. The summed E-state index contributed by atoms with van der Waals surface area (Å²) < 4.78 is 2.35. The van der Waals surface area contributed by atoms with E-state index in [0.717, 1.165) is 23.4 Å². The van der Waals surface area contributed by atoms with Gasteiger partial charge in [-0.25, -0.2) is 0 Å². The molecule has 80 valence electrons. The fourth-order valence-electron chi connectivity index (χ4n) is 1.59. The van der Waals surface area contributed by atoms with E-state index < -0.39 is 0 Å². The van der Waals surface area contributed by atoms with Crippen molar-refractivity contribution in [2.75, 3.05) is 13.1 Å². The second-order valence-electron chi connectivity index (χ2n) is 3.24. The highest BCUT2D eigenvalue weighted by Gasteiger charge is 2.17. The Bertz CT molecular complexity index is 468. The molecule has 0 aliphatic rings. The van der Waals surface area contributed by atoms with E-state index in [1.807, 2.05) is 29.5 Å². The molecule has 0 radical (unpaired) electrons. The van der Waals surface area contributed by atoms with Crippen LogP contribution in [0.4, 0.5) is 0 Å². The predicted octanol–water partition coefficient (Wildman–Crippen LogP) is 3.44. The van der Waals surface area contributed by atoms with Crippen molar-refractivity contribution >= 4 is 38.0 Å². The molecular weight excluding hydrogens is 226 g/mol. The minimum Gasteiger partial charge on any atom is -0.339 e. The van der Waals surface area contributed by atoms with Gasteiger partial charge in [-0.1, -0.05) is 0 Å². The zero-order valence-electron chi connectivity index (χ0n) is 8.82. The van der Waals surface area contributed by atoms with Gasteiger partial charge in [0.25, 0.3) is 5.91 Å². The van der Waals surface area contributed by atoms with E-state index in [-0.39, 0.29) is 5.91 Å². The van der Waals surface area contributed by atoms with Crippen LogP contribution in [0, 0.1) is 0 Å². The van der Waals surface area contributed by atoms with Gasteiger partial charge in [-0.2, -0.15) is 0 Å². The summed E-state index contributed by atoms with van der Waals surface area (Å²) in [6, 6.07) is 2.07. The standard InChI is InChI=1S/C11H13NOS2/c1-3-12(4-2)11(13)8-7-15-9-5-6-14-10(8)9/h5-7H,3-4H2,1-2H3. The third kappa shape index (κ3) is 1.79. The van der Waals surface area contributed by atoms with Gasteiger partial charge in [0.1, 0.15) is 0 Å². The van der Waals surface area contributed by atoms with E-state index >= 15 is 0 Å². The maximum Gasteiger partial charge on any atom is 0.256 e. The van der Waals surface area contributed by atoms with Crippen molar-refractivity contribution in [3.05, 3.63) is 22.4 Å². The summed E-state index contributed by atoms with van der Waals surface area (Å²) in [4.78, 5) is 14.0. The molecule has 0 aliphatic carbocycles. The van der Waals surface area contributed by atoms with Crippen LogP contribution in [0.15, 0.2) is 16.8 Å². The smallest absolute Gasteiger partial charge is 0.256 e. The Morgan fingerprint density at radius 3 is 2.73 bits per heavy atom. The van der Waals surface area contributed by atoms with E-state index in [1.54, 1.807) is 22.7 Å². The zero-order chi connectivity index (χ0) is 10.8. The summed E-state index contributed by atoms with van der Waals surface area (Å²) in [5.74, 6) is 0.161. The third-order valence-corrected chi connectivity index (χ3v) is 4.48. The monoisotopic (exact) mass is 239 g/mol. The Labute approximate surface area is 97.1 Å². The second kappa shape index (κ2) is 4.33. The molecule has 0 saturated heterocycles. The number of rotatable bonds is 3. The Kier molecular flexibility index (Phi) is 3.07. The minimum absolute atomic E-state index is 0.161. The van der Waals surface area contributed by atoms with Crippen molar-refractivity contribution in [3.8, 4) is 0 Å². The van der Waals surface area contributed by atoms with Crippen LogP contribution in [0.1, 0.15) is 24.2 Å². The van der Waals surface area contributed by atoms with Gasteiger partial charge in [0.15, 0.2) is 0 Å². The molecule has 2 aromatic heterocycles. The van der Waals surface area contributed by atoms with Crippen LogP contribution in [0.25, 0.3) is 9.40 Å². The van der Waals surface area contributed by atoms with Crippen LogP contribution < -0.4 is 0 Å². The highest BCUT2D eigenvalue weighted by atomic mass is 32.1. The second-order valence-corrected chi connectivity index (χ2v) is 5.07. The molecule has 0 aliphatic heterocycles. The van der Waals surface area contributed by atoms with Crippen LogP contribution in [-0.4, -0.2) is 23.9 Å². The Morgan fingerprint density at radius 1 is 1.33 bits per heavy atom. The van der Waals surface area contributed by atoms with Crippen LogP contribution >= 0.6 is 22.7 Å². The molecule has 2 nitrogen and oxygen atoms in total. The van der Waals surface area contributed by atoms with Gasteiger partial charge < -0.3 is 4.90 Å². The lowest BCUT2D eigenvalue weighted by atomic mass is 10.3. The van der Waals surface area contributed by atoms with Gasteiger partial charge in [0, 0.05) is 23.2 Å². The summed E-state index contributed by atoms with van der Waals surface area (Å²) >= 11 is 3.30. The molecule has 0 saturated carbocycles. The first-order chi connectivity index (χ1) is 7.27. The molecule has 0 unspecified atom stereocenters. The SMILES string of the molecule is CCN(CC)C(=O)c1csc2ccsc12. The largest absolute Gasteiger partial charge is 0.339 e. The molecule has 2 rings (SSSR count). The highest BCUT2D eigenvalue weighted by Crippen LogP contribution is 2.31. The van der Waals surface area contributed by atoms with E-state index in [4.69, 9.17) is 0 Å². The molecule has 15 heavy (non-hydrogen) atoms. The van der Waals surface area contributed by atoms with Crippen molar-refractivity contribution in [2.45, 2.75) is 13.8 Å². The molecule has 0 fully saturated rings. The van der Waals surface area contributed by atoms with Crippen LogP contribution in [0.5, 0.6) is 0 Å². The number of carbonyl (C=O) groups excluding carboxylic acids is 1. The summed E-state index contributed by atoms with van der Waals surface area (Å²) in [7, 11) is 0. The number of hydrogen-bond donors (Lipinski definition) is 0. The first-order valence-corrected chi connectivity index (χ1v) is 6.77. The van der Waals surface area contributed by atoms with E-state index in [2.05, 4.69) is 6.07 Å². The Balaban J connectivity index is 2.38. The van der Waals surface area contributed by atoms with Gasteiger partial charge in [-0.3, -0.25) is 4.79 Å². The number of carbonyl (C=O) groups is 1. The van der Waals surface area contributed by atoms with Gasteiger partial charge in [0.2, 0.25) is 0 Å². The summed E-state index contributed by atoms with van der Waals surface area (Å²) in [6.07, 6.45) is 0. The predicted molar refractivity (Wildman–Crippen MR) is 67.0 cm³/mol. The molecule has 0 aromatic carbocycles. The molecule has 4 heteroatoms. The van der Waals surface area contributed by atoms with Gasteiger partial charge >= 0.3 is 0 Å². The summed E-state index contributed by atoms with van der Waals surface area (Å²) in [5.41, 5.74) is 0.869. The van der Waals surface area contributed by atoms with Gasteiger partial charge in [-0.15, -0.1) is 22.7 Å². The maximum atomic E-state index is 12.1. The lowest BCUT2D eigenvalue weighted by molar-refractivity contribution is 0.0775. The number of fused-ring (bicyclic) bond motifs is 1. The number of amides is 1. The van der Waals surface area contributed by atoms with E-state index in [0.29, 0.717) is 0 Å². The van der Waals surface area contributed by atoms with E-state index in [1.165, 1.54) is 4.70 Å². The number of thiophene rings is 2. The molecule has 0 bridgehead atoms. The summed E-state index contributed by atoms with van der Waals surface area (Å²) in [6.45, 7) is 5.58. The molecule has 0 atom stereocenters. The van der Waals surface area contributed by atoms with Gasteiger partial charge in [-0.05, 0) is 25.3 Å². The quantitative estimate of drug-likeness (QED) is 0.803. The third-order valence-electron chi connectivity index (χ3n) is 2.46. The molecule has 1 amide bonds. The van der Waals surface area contributed by atoms with Crippen molar-refractivity contribution in [1.82, 2.24) is 4.90 Å². The van der Waals surface area contributed by atoms with E-state index in [9.17, 15) is 4.79 Å². The van der Waals surface area contributed by atoms with Gasteiger partial charge in [0.05, 0.1) is 10.3 Å². The fourth-order valence-corrected chi connectivity index (χ4v) is 3.67. The molecular formula is C11H13NOS2. The fraction of sp³-hybridized carbons (Fsp3) is 0.364. The lowest BCUT2D eigenvalue weighted by Gasteiger charge is -2.17. The molecule has 0 N–H and O–H groups in total. The average molecular weight is 239 g/mol. The van der Waals surface area contributed by atoms with Crippen LogP contribution in [-0.2, 0) is 0 Å². The van der Waals surface area contributed by atoms with Crippen molar-refractivity contribution in [3.63, 3.8) is 0 Å². The molecule has 0 spiro atoms. The normalized spacial score (nSPS) is 10.8. The maximum absolute atomic E-state index is 12.1. The average Bonchev–Trinajstić information content (AvgIpc) is 2.79. The lowest BCUT2D eigenvalue weighted by Crippen LogP contribution is -2.30. The highest BCUT2D eigenvalue weighted by molar-refractivity contribution is 7.26.